The van der Waals surface area contributed by atoms with E-state index in [4.69, 9.17) is 9.59 Å². The van der Waals surface area contributed by atoms with Crippen molar-refractivity contribution < 1.29 is 9.59 Å². The molecule has 0 spiro atoms. The van der Waals surface area contributed by atoms with Crippen molar-refractivity contribution in [2.45, 2.75) is 0 Å². The Morgan fingerprint density at radius 1 is 1.14 bits per heavy atom. The zero-order chi connectivity index (χ0) is 6.12. The third-order valence-electron chi connectivity index (χ3n) is 0.0556. The molecule has 7 heavy (non-hydrogen) atoms. The Kier molecular flexibility index (Phi) is 25.3. The molecule has 0 aliphatic carbocycles. The van der Waals surface area contributed by atoms with Crippen molar-refractivity contribution >= 4 is 12.6 Å². The number of hydrogen-bond donors (Lipinski definition) is 1. The Labute approximate surface area is 42.7 Å². The molecule has 0 aliphatic heterocycles. The molecule has 0 saturated carbocycles. The fourth-order valence-electron chi connectivity index (χ4n) is 0. The van der Waals surface area contributed by atoms with Gasteiger partial charge < -0.3 is 5.32 Å². The highest BCUT2D eigenvalue weighted by Crippen LogP contribution is 1.12. The predicted molar refractivity (Wildman–Crippen MR) is 27.1 cm³/mol. The summed E-state index contributed by atoms with van der Waals surface area (Å²) in [5.41, 5.74) is 0. The van der Waals surface area contributed by atoms with Gasteiger partial charge in [0.25, 0.3) is 0 Å². The summed E-state index contributed by atoms with van der Waals surface area (Å²) in [7, 11) is 3.75. The van der Waals surface area contributed by atoms with Crippen molar-refractivity contribution in [3.05, 3.63) is 0 Å². The van der Waals surface area contributed by atoms with Gasteiger partial charge in [-0.05, 0) is 14.1 Å². The molecule has 0 rings (SSSR count). The summed E-state index contributed by atoms with van der Waals surface area (Å²) in [5, 5.41) is 2.75. The fourth-order valence-corrected chi connectivity index (χ4v) is 0. The van der Waals surface area contributed by atoms with Gasteiger partial charge in [-0.15, -0.1) is 0 Å². The first-order chi connectivity index (χ1) is 3.33. The normalized spacial score (nSPS) is 5.43. The van der Waals surface area contributed by atoms with Crippen LogP contribution in [-0.2, 0) is 9.59 Å². The van der Waals surface area contributed by atoms with E-state index < -0.39 is 0 Å². The van der Waals surface area contributed by atoms with Gasteiger partial charge in [0.15, 0.2) is 12.6 Å². The molecule has 0 aromatic rings. The lowest BCUT2D eigenvalue weighted by Crippen LogP contribution is -1.89. The third kappa shape index (κ3) is 641. The zero-order valence-electron chi connectivity index (χ0n) is 4.47. The number of carbonyl (C=O) groups excluding carboxylic acids is 2. The van der Waals surface area contributed by atoms with Gasteiger partial charge >= 0.3 is 0 Å². The quantitative estimate of drug-likeness (QED) is 0.350. The number of carbonyl (C=O) groups is 2. The minimum Gasteiger partial charge on any atom is -0.323 e. The van der Waals surface area contributed by atoms with Crippen LogP contribution < -0.4 is 5.32 Å². The molecular formula is C4H9NO2. The second-order valence-electron chi connectivity index (χ2n) is 0.772. The van der Waals surface area contributed by atoms with Crippen molar-refractivity contribution in [2.75, 3.05) is 14.1 Å². The SMILES string of the molecule is CNC.O=CC=O. The van der Waals surface area contributed by atoms with Crippen LogP contribution in [-0.4, -0.2) is 26.7 Å². The first-order valence-electron chi connectivity index (χ1n) is 1.80. The van der Waals surface area contributed by atoms with Crippen LogP contribution in [0, 0.1) is 0 Å². The Morgan fingerprint density at radius 2 is 1.29 bits per heavy atom. The molecule has 0 fully saturated rings. The lowest BCUT2D eigenvalue weighted by atomic mass is 10.9. The summed E-state index contributed by atoms with van der Waals surface area (Å²) < 4.78 is 0. The maximum absolute atomic E-state index is 8.81. The van der Waals surface area contributed by atoms with Gasteiger partial charge in [0.05, 0.1) is 0 Å². The van der Waals surface area contributed by atoms with Crippen molar-refractivity contribution in [3.63, 3.8) is 0 Å². The maximum atomic E-state index is 8.81. The van der Waals surface area contributed by atoms with Crippen LogP contribution in [0.25, 0.3) is 0 Å². The summed E-state index contributed by atoms with van der Waals surface area (Å²) in [6, 6.07) is 0. The number of hydrogen-bond acceptors (Lipinski definition) is 3. The van der Waals surface area contributed by atoms with E-state index in [0.717, 1.165) is 0 Å². The van der Waals surface area contributed by atoms with E-state index in [-0.39, 0.29) is 12.6 Å². The van der Waals surface area contributed by atoms with Crippen LogP contribution in [0.4, 0.5) is 0 Å². The van der Waals surface area contributed by atoms with E-state index in [2.05, 4.69) is 5.32 Å². The number of nitrogens with one attached hydrogen (secondary N) is 1. The van der Waals surface area contributed by atoms with Crippen molar-refractivity contribution in [2.24, 2.45) is 0 Å². The summed E-state index contributed by atoms with van der Waals surface area (Å²) >= 11 is 0. The summed E-state index contributed by atoms with van der Waals surface area (Å²) in [4.78, 5) is 17.6. The van der Waals surface area contributed by atoms with Gasteiger partial charge in [-0.1, -0.05) is 0 Å². The molecular weight excluding hydrogens is 94.0 g/mol. The highest BCUT2D eigenvalue weighted by molar-refractivity contribution is 6.09. The van der Waals surface area contributed by atoms with Crippen LogP contribution >= 0.6 is 0 Å². The molecule has 0 heterocycles. The standard InChI is InChI=1S/C2H7N.C2H2O2/c1-3-2;3-1-2-4/h3H,1-2H3;1-2H. The maximum Gasteiger partial charge on any atom is 0.182 e. The lowest BCUT2D eigenvalue weighted by molar-refractivity contribution is -0.122. The first kappa shape index (κ1) is 9.57. The average molecular weight is 103 g/mol. The molecule has 0 amide bonds. The minimum atomic E-state index is 0.194. The predicted octanol–water partition coefficient (Wildman–Crippen LogP) is -0.780. The Hall–Kier alpha value is -0.700. The molecule has 42 valence electrons. The second kappa shape index (κ2) is 18.5. The molecule has 0 unspecified atom stereocenters. The molecule has 3 nitrogen and oxygen atoms in total. The van der Waals surface area contributed by atoms with Crippen LogP contribution in [0.1, 0.15) is 0 Å². The molecule has 0 atom stereocenters. The lowest BCUT2D eigenvalue weighted by Gasteiger charge is -1.59. The Morgan fingerprint density at radius 3 is 1.29 bits per heavy atom. The number of aldehydes is 2. The summed E-state index contributed by atoms with van der Waals surface area (Å²) in [5.74, 6) is 0. The minimum absolute atomic E-state index is 0.194. The zero-order valence-corrected chi connectivity index (χ0v) is 4.47. The van der Waals surface area contributed by atoms with Gasteiger partial charge in [-0.25, -0.2) is 0 Å². The Balaban J connectivity index is 0. The third-order valence-corrected chi connectivity index (χ3v) is 0.0556. The summed E-state index contributed by atoms with van der Waals surface area (Å²) in [6.07, 6.45) is 0.389. The molecule has 0 aromatic carbocycles. The van der Waals surface area contributed by atoms with E-state index in [0.29, 0.717) is 0 Å². The van der Waals surface area contributed by atoms with E-state index in [1.165, 1.54) is 0 Å². The fraction of sp³-hybridized carbons (Fsp3) is 0.500. The smallest absolute Gasteiger partial charge is 0.182 e. The van der Waals surface area contributed by atoms with Gasteiger partial charge in [0, 0.05) is 0 Å². The highest BCUT2D eigenvalue weighted by atomic mass is 16.2. The first-order valence-corrected chi connectivity index (χ1v) is 1.80. The number of rotatable bonds is 1. The van der Waals surface area contributed by atoms with Crippen LogP contribution in [0.2, 0.25) is 0 Å². The topological polar surface area (TPSA) is 46.2 Å². The van der Waals surface area contributed by atoms with Gasteiger partial charge in [-0.3, -0.25) is 9.59 Å². The molecule has 0 bridgehead atoms. The van der Waals surface area contributed by atoms with Crippen molar-refractivity contribution in [1.29, 1.82) is 0 Å². The van der Waals surface area contributed by atoms with E-state index in [1.807, 2.05) is 14.1 Å². The molecule has 0 aromatic heterocycles. The molecule has 1 N–H and O–H groups in total. The summed E-state index contributed by atoms with van der Waals surface area (Å²) in [6.45, 7) is 0. The Bertz CT molecular complexity index is 39.0. The van der Waals surface area contributed by atoms with Gasteiger partial charge in [-0.2, -0.15) is 0 Å². The van der Waals surface area contributed by atoms with Gasteiger partial charge in [0.2, 0.25) is 0 Å². The molecule has 0 aliphatic rings. The molecule has 0 radical (unpaired) electrons. The highest BCUT2D eigenvalue weighted by Gasteiger charge is 1.47. The second-order valence-corrected chi connectivity index (χ2v) is 0.772. The molecule has 0 saturated heterocycles. The van der Waals surface area contributed by atoms with Crippen LogP contribution in [0.3, 0.4) is 0 Å². The largest absolute Gasteiger partial charge is 0.323 e. The van der Waals surface area contributed by atoms with E-state index >= 15 is 0 Å². The van der Waals surface area contributed by atoms with Crippen LogP contribution in [0.5, 0.6) is 0 Å². The monoisotopic (exact) mass is 103 g/mol. The van der Waals surface area contributed by atoms with Crippen LogP contribution in [0.15, 0.2) is 0 Å². The van der Waals surface area contributed by atoms with Gasteiger partial charge in [0.1, 0.15) is 0 Å². The van der Waals surface area contributed by atoms with E-state index in [1.54, 1.807) is 0 Å². The molecule has 3 heteroatoms. The average Bonchev–Trinajstić information content (AvgIpc) is 1.69. The van der Waals surface area contributed by atoms with E-state index in [9.17, 15) is 0 Å². The van der Waals surface area contributed by atoms with Crippen molar-refractivity contribution in [3.8, 4) is 0 Å². The van der Waals surface area contributed by atoms with Crippen molar-refractivity contribution in [1.82, 2.24) is 5.32 Å².